The lowest BCUT2D eigenvalue weighted by atomic mass is 9.89. The second-order valence-electron chi connectivity index (χ2n) is 4.41. The van der Waals surface area contributed by atoms with Crippen LogP contribution in [0.15, 0.2) is 10.6 Å². The van der Waals surface area contributed by atoms with E-state index in [1.807, 2.05) is 13.1 Å². The van der Waals surface area contributed by atoms with Gasteiger partial charge in [-0.15, -0.1) is 0 Å². The van der Waals surface area contributed by atoms with Crippen LogP contribution < -0.4 is 5.32 Å². The molecule has 1 aliphatic rings. The first-order valence-corrected chi connectivity index (χ1v) is 6.04. The Morgan fingerprint density at radius 1 is 1.27 bits per heavy atom. The van der Waals surface area contributed by atoms with Gasteiger partial charge in [0.2, 0.25) is 5.88 Å². The third-order valence-corrected chi connectivity index (χ3v) is 3.30. The van der Waals surface area contributed by atoms with Crippen LogP contribution in [0, 0.1) is 0 Å². The maximum absolute atomic E-state index is 5.18. The zero-order valence-electron chi connectivity index (χ0n) is 9.46. The van der Waals surface area contributed by atoms with Gasteiger partial charge in [-0.05, 0) is 12.8 Å². The Labute approximate surface area is 92.7 Å². The topological polar surface area (TPSA) is 38.1 Å². The van der Waals surface area contributed by atoms with E-state index in [1.165, 1.54) is 44.9 Å². The van der Waals surface area contributed by atoms with Crippen molar-refractivity contribution in [1.82, 2.24) is 5.16 Å². The molecule has 15 heavy (non-hydrogen) atoms. The lowest BCUT2D eigenvalue weighted by molar-refractivity contribution is 0.394. The van der Waals surface area contributed by atoms with Crippen molar-refractivity contribution in [1.29, 1.82) is 0 Å². The largest absolute Gasteiger partial charge is 0.357 e. The summed E-state index contributed by atoms with van der Waals surface area (Å²) in [7, 11) is 1.86. The minimum Gasteiger partial charge on any atom is -0.357 e. The predicted molar refractivity (Wildman–Crippen MR) is 63.2 cm³/mol. The third-order valence-electron chi connectivity index (χ3n) is 3.30. The summed E-state index contributed by atoms with van der Waals surface area (Å²) in [6.45, 7) is 0. The van der Waals surface area contributed by atoms with Crippen LogP contribution in [0.3, 0.4) is 0 Å². The van der Waals surface area contributed by atoms with Crippen molar-refractivity contribution in [3.8, 4) is 0 Å². The second kappa shape index (κ2) is 5.19. The van der Waals surface area contributed by atoms with E-state index in [4.69, 9.17) is 4.52 Å². The fourth-order valence-electron chi connectivity index (χ4n) is 2.35. The van der Waals surface area contributed by atoms with E-state index >= 15 is 0 Å². The molecule has 0 saturated heterocycles. The number of nitrogens with zero attached hydrogens (tertiary/aromatic N) is 1. The molecule has 1 aromatic heterocycles. The molecular formula is C12H22N2O. The molecule has 2 rings (SSSR count). The molecule has 1 fully saturated rings. The molecule has 0 aromatic carbocycles. The lowest BCUT2D eigenvalue weighted by Crippen LogP contribution is -2.02. The van der Waals surface area contributed by atoms with Gasteiger partial charge < -0.3 is 9.84 Å². The Bertz CT molecular complexity index is 293. The molecule has 1 saturated carbocycles. The number of rotatable bonds is 2. The van der Waals surface area contributed by atoms with Crippen molar-refractivity contribution < 1.29 is 5.95 Å². The molecule has 1 heterocycles. The van der Waals surface area contributed by atoms with Crippen LogP contribution in [0.1, 0.15) is 58.0 Å². The molecule has 1 N–H and O–H groups in total. The number of hydrogen-bond donors (Lipinski definition) is 1. The first-order valence-electron chi connectivity index (χ1n) is 6.04. The fraction of sp³-hybridized carbons (Fsp3) is 0.750. The zero-order chi connectivity index (χ0) is 10.5. The predicted octanol–water partition coefficient (Wildman–Crippen LogP) is 3.79. The number of hydrogen-bond acceptors (Lipinski definition) is 3. The molecule has 1 aromatic rings. The molecule has 86 valence electrons. The van der Waals surface area contributed by atoms with Crippen LogP contribution in [0.2, 0.25) is 0 Å². The summed E-state index contributed by atoms with van der Waals surface area (Å²) in [5, 5.41) is 7.13. The highest BCUT2D eigenvalue weighted by Gasteiger charge is 2.17. The molecule has 0 unspecified atom stereocenters. The van der Waals surface area contributed by atoms with Gasteiger partial charge in [0.15, 0.2) is 0 Å². The zero-order valence-corrected chi connectivity index (χ0v) is 9.46. The van der Waals surface area contributed by atoms with Gasteiger partial charge in [0.1, 0.15) is 0 Å². The summed E-state index contributed by atoms with van der Waals surface area (Å²) in [5.74, 6) is 1.41. The van der Waals surface area contributed by atoms with Crippen LogP contribution in [-0.2, 0) is 0 Å². The molecule has 1 aliphatic carbocycles. The molecule has 0 spiro atoms. The van der Waals surface area contributed by atoms with Gasteiger partial charge >= 0.3 is 0 Å². The van der Waals surface area contributed by atoms with Crippen LogP contribution in [0.4, 0.5) is 5.88 Å². The third kappa shape index (κ3) is 2.74. The number of nitrogens with one attached hydrogen (secondary N) is 1. The minimum atomic E-state index is 0. The normalized spacial score (nSPS) is 19.5. The smallest absolute Gasteiger partial charge is 0.224 e. The Kier molecular flexibility index (Phi) is 3.64. The minimum absolute atomic E-state index is 0. The summed E-state index contributed by atoms with van der Waals surface area (Å²) in [6.07, 6.45) is 9.40. The van der Waals surface area contributed by atoms with E-state index in [1.54, 1.807) is 0 Å². The Hall–Kier alpha value is -0.990. The fourth-order valence-corrected chi connectivity index (χ4v) is 2.35. The summed E-state index contributed by atoms with van der Waals surface area (Å²) in [4.78, 5) is 0. The maximum atomic E-state index is 5.18. The van der Waals surface area contributed by atoms with Crippen LogP contribution in [0.5, 0.6) is 0 Å². The number of anilines is 1. The van der Waals surface area contributed by atoms with Gasteiger partial charge in [-0.2, -0.15) is 0 Å². The molecule has 3 nitrogen and oxygen atoms in total. The van der Waals surface area contributed by atoms with E-state index in [9.17, 15) is 0 Å². The van der Waals surface area contributed by atoms with Crippen molar-refractivity contribution in [3.05, 3.63) is 11.8 Å². The van der Waals surface area contributed by atoms with E-state index in [2.05, 4.69) is 10.5 Å². The molecule has 0 bridgehead atoms. The van der Waals surface area contributed by atoms with Crippen molar-refractivity contribution >= 4 is 5.88 Å². The SMILES string of the molecule is CNc1cc(C2CCCCCCC2)no1.[HH]. The Balaban J connectivity index is 0.00000128. The Morgan fingerprint density at radius 2 is 1.93 bits per heavy atom. The molecule has 0 aliphatic heterocycles. The molecule has 0 radical (unpaired) electrons. The van der Waals surface area contributed by atoms with Crippen molar-refractivity contribution in [2.24, 2.45) is 0 Å². The van der Waals surface area contributed by atoms with Gasteiger partial charge in [0.25, 0.3) is 0 Å². The molecule has 0 amide bonds. The average Bonchev–Trinajstić information content (AvgIpc) is 2.65. The van der Waals surface area contributed by atoms with E-state index < -0.39 is 0 Å². The van der Waals surface area contributed by atoms with Gasteiger partial charge in [0.05, 0.1) is 5.69 Å². The van der Waals surface area contributed by atoms with Gasteiger partial charge in [-0.1, -0.05) is 37.3 Å². The van der Waals surface area contributed by atoms with Crippen LogP contribution in [-0.4, -0.2) is 12.2 Å². The first kappa shape index (κ1) is 10.5. The van der Waals surface area contributed by atoms with Crippen molar-refractivity contribution in [2.75, 3.05) is 12.4 Å². The summed E-state index contributed by atoms with van der Waals surface area (Å²) in [5.41, 5.74) is 1.14. The van der Waals surface area contributed by atoms with E-state index in [-0.39, 0.29) is 1.43 Å². The molecule has 3 heteroatoms. The quantitative estimate of drug-likeness (QED) is 0.807. The number of aromatic nitrogens is 1. The summed E-state index contributed by atoms with van der Waals surface area (Å²) in [6, 6.07) is 2.05. The highest BCUT2D eigenvalue weighted by molar-refractivity contribution is 5.31. The summed E-state index contributed by atoms with van der Waals surface area (Å²) >= 11 is 0. The van der Waals surface area contributed by atoms with Crippen molar-refractivity contribution in [3.63, 3.8) is 0 Å². The standard InChI is InChI=1S/C12H20N2O.H2/c1-13-12-9-11(14-15-12)10-7-5-3-2-4-6-8-10;/h9-10,13H,2-8H2,1H3;1H. The van der Waals surface area contributed by atoms with Gasteiger partial charge in [0, 0.05) is 20.5 Å². The monoisotopic (exact) mass is 210 g/mol. The Morgan fingerprint density at radius 3 is 2.53 bits per heavy atom. The van der Waals surface area contributed by atoms with E-state index in [0.29, 0.717) is 5.92 Å². The van der Waals surface area contributed by atoms with Crippen LogP contribution >= 0.6 is 0 Å². The maximum Gasteiger partial charge on any atom is 0.224 e. The molecular weight excluding hydrogens is 188 g/mol. The van der Waals surface area contributed by atoms with E-state index in [0.717, 1.165) is 11.6 Å². The average molecular weight is 210 g/mol. The van der Waals surface area contributed by atoms with Gasteiger partial charge in [-0.3, -0.25) is 0 Å². The first-order chi connectivity index (χ1) is 7.40. The highest BCUT2D eigenvalue weighted by Crippen LogP contribution is 2.31. The van der Waals surface area contributed by atoms with Crippen LogP contribution in [0.25, 0.3) is 0 Å². The molecule has 0 atom stereocenters. The summed E-state index contributed by atoms with van der Waals surface area (Å²) < 4.78 is 5.18. The van der Waals surface area contributed by atoms with Gasteiger partial charge in [-0.25, -0.2) is 0 Å². The lowest BCUT2D eigenvalue weighted by Gasteiger charge is -2.16. The highest BCUT2D eigenvalue weighted by atomic mass is 16.5. The van der Waals surface area contributed by atoms with Crippen molar-refractivity contribution in [2.45, 2.75) is 50.9 Å². The second-order valence-corrected chi connectivity index (χ2v) is 4.41.